The van der Waals surface area contributed by atoms with E-state index in [0.717, 1.165) is 6.07 Å². The van der Waals surface area contributed by atoms with Crippen molar-refractivity contribution in [3.8, 4) is 0 Å². The van der Waals surface area contributed by atoms with Crippen LogP contribution in [0.15, 0.2) is 18.3 Å². The van der Waals surface area contributed by atoms with E-state index in [0.29, 0.717) is 17.7 Å². The van der Waals surface area contributed by atoms with E-state index in [-0.39, 0.29) is 5.12 Å². The SMILES string of the molecule is CC(=O)SCCC=Cc1cnc(Cl)c(C(F)(F)F)c1. The van der Waals surface area contributed by atoms with Crippen molar-refractivity contribution in [1.82, 2.24) is 4.98 Å². The van der Waals surface area contributed by atoms with Crippen LogP contribution in [-0.2, 0) is 11.0 Å². The van der Waals surface area contributed by atoms with Gasteiger partial charge in [-0.2, -0.15) is 13.2 Å². The van der Waals surface area contributed by atoms with Crippen molar-refractivity contribution in [2.75, 3.05) is 5.75 Å². The molecule has 104 valence electrons. The maximum Gasteiger partial charge on any atom is 0.419 e. The molecular weight excluding hydrogens is 299 g/mol. The zero-order chi connectivity index (χ0) is 14.5. The Balaban J connectivity index is 2.70. The molecule has 7 heteroatoms. The number of rotatable bonds is 4. The van der Waals surface area contributed by atoms with Gasteiger partial charge in [-0.1, -0.05) is 35.5 Å². The van der Waals surface area contributed by atoms with E-state index in [9.17, 15) is 18.0 Å². The highest BCUT2D eigenvalue weighted by Crippen LogP contribution is 2.34. The fourth-order valence-electron chi connectivity index (χ4n) is 1.24. The zero-order valence-electron chi connectivity index (χ0n) is 10.00. The van der Waals surface area contributed by atoms with Crippen LogP contribution in [0.25, 0.3) is 6.08 Å². The van der Waals surface area contributed by atoms with Crippen molar-refractivity contribution in [1.29, 1.82) is 0 Å². The highest BCUT2D eigenvalue weighted by atomic mass is 35.5. The molecule has 0 atom stereocenters. The summed E-state index contributed by atoms with van der Waals surface area (Å²) in [5, 5.41) is -0.544. The summed E-state index contributed by atoms with van der Waals surface area (Å²) in [7, 11) is 0. The Morgan fingerprint density at radius 1 is 1.53 bits per heavy atom. The van der Waals surface area contributed by atoms with E-state index in [2.05, 4.69) is 4.98 Å². The lowest BCUT2D eigenvalue weighted by Gasteiger charge is -2.08. The molecule has 1 rings (SSSR count). The van der Waals surface area contributed by atoms with Gasteiger partial charge in [-0.25, -0.2) is 4.98 Å². The number of carbonyl (C=O) groups excluding carboxylic acids is 1. The number of pyridine rings is 1. The molecule has 1 heterocycles. The normalized spacial score (nSPS) is 12.1. The van der Waals surface area contributed by atoms with Crippen LogP contribution in [0.4, 0.5) is 13.2 Å². The topological polar surface area (TPSA) is 30.0 Å². The third-order valence-electron chi connectivity index (χ3n) is 2.07. The summed E-state index contributed by atoms with van der Waals surface area (Å²) >= 11 is 6.57. The summed E-state index contributed by atoms with van der Waals surface area (Å²) in [6, 6.07) is 0.948. The fraction of sp³-hybridized carbons (Fsp3) is 0.333. The predicted octanol–water partition coefficient (Wildman–Crippen LogP) is 4.44. The molecule has 0 unspecified atom stereocenters. The van der Waals surface area contributed by atoms with Crippen LogP contribution in [0, 0.1) is 0 Å². The van der Waals surface area contributed by atoms with Crippen molar-refractivity contribution in [3.63, 3.8) is 0 Å². The third kappa shape index (κ3) is 5.65. The Labute approximate surface area is 118 Å². The van der Waals surface area contributed by atoms with Gasteiger partial charge in [0.1, 0.15) is 5.15 Å². The Bertz CT molecular complexity index is 488. The molecule has 0 aromatic carbocycles. The molecule has 0 fully saturated rings. The molecule has 0 bridgehead atoms. The number of alkyl halides is 3. The predicted molar refractivity (Wildman–Crippen MR) is 71.0 cm³/mol. The molecule has 2 nitrogen and oxygen atoms in total. The van der Waals surface area contributed by atoms with Crippen LogP contribution < -0.4 is 0 Å². The first-order valence-corrected chi connectivity index (χ1v) is 6.69. The van der Waals surface area contributed by atoms with Gasteiger partial charge in [0.05, 0.1) is 5.56 Å². The molecule has 19 heavy (non-hydrogen) atoms. The highest BCUT2D eigenvalue weighted by molar-refractivity contribution is 8.13. The lowest BCUT2D eigenvalue weighted by molar-refractivity contribution is -0.137. The maximum absolute atomic E-state index is 12.6. The minimum atomic E-state index is -4.52. The molecule has 0 aliphatic carbocycles. The largest absolute Gasteiger partial charge is 0.419 e. The third-order valence-corrected chi connectivity index (χ3v) is 3.21. The Kier molecular flexibility index (Phi) is 5.87. The summed E-state index contributed by atoms with van der Waals surface area (Å²) < 4.78 is 37.7. The minimum absolute atomic E-state index is 0.0147. The molecule has 0 saturated carbocycles. The van der Waals surface area contributed by atoms with Gasteiger partial charge in [-0.3, -0.25) is 4.79 Å². The van der Waals surface area contributed by atoms with Crippen LogP contribution >= 0.6 is 23.4 Å². The maximum atomic E-state index is 12.6. The van der Waals surface area contributed by atoms with Crippen LogP contribution in [0.1, 0.15) is 24.5 Å². The number of thioether (sulfide) groups is 1. The zero-order valence-corrected chi connectivity index (χ0v) is 11.6. The lowest BCUT2D eigenvalue weighted by atomic mass is 10.2. The van der Waals surface area contributed by atoms with Crippen LogP contribution in [0.3, 0.4) is 0 Å². The highest BCUT2D eigenvalue weighted by Gasteiger charge is 2.33. The molecule has 0 spiro atoms. The Morgan fingerprint density at radius 3 is 2.79 bits per heavy atom. The summed E-state index contributed by atoms with van der Waals surface area (Å²) in [6.45, 7) is 1.47. The average molecular weight is 310 g/mol. The molecular formula is C12H11ClF3NOS. The van der Waals surface area contributed by atoms with Crippen LogP contribution in [0.5, 0.6) is 0 Å². The van der Waals surface area contributed by atoms with Crippen molar-refractivity contribution in [3.05, 3.63) is 34.6 Å². The summed E-state index contributed by atoms with van der Waals surface area (Å²) in [4.78, 5) is 14.2. The molecule has 1 aromatic heterocycles. The summed E-state index contributed by atoms with van der Waals surface area (Å²) in [5.74, 6) is 0.596. The van der Waals surface area contributed by atoms with Crippen molar-refractivity contribution >= 4 is 34.6 Å². The standard InChI is InChI=1S/C12H11ClF3NOS/c1-8(18)19-5-3-2-4-9-6-10(12(14,15)16)11(13)17-7-9/h2,4,6-7H,3,5H2,1H3. The molecule has 0 N–H and O–H groups in total. The molecule has 0 saturated heterocycles. The number of aromatic nitrogens is 1. The van der Waals surface area contributed by atoms with Gasteiger partial charge in [0, 0.05) is 18.9 Å². The van der Waals surface area contributed by atoms with Gasteiger partial charge in [-0.15, -0.1) is 0 Å². The number of nitrogens with zero attached hydrogens (tertiary/aromatic N) is 1. The van der Waals surface area contributed by atoms with Gasteiger partial charge < -0.3 is 0 Å². The first kappa shape index (κ1) is 16.0. The van der Waals surface area contributed by atoms with Crippen molar-refractivity contribution in [2.45, 2.75) is 19.5 Å². The number of allylic oxidation sites excluding steroid dienone is 1. The van der Waals surface area contributed by atoms with E-state index in [4.69, 9.17) is 11.6 Å². The molecule has 0 aliphatic heterocycles. The number of hydrogen-bond acceptors (Lipinski definition) is 3. The van der Waals surface area contributed by atoms with E-state index in [1.807, 2.05) is 0 Å². The fourth-order valence-corrected chi connectivity index (χ4v) is 2.00. The van der Waals surface area contributed by atoms with Crippen molar-refractivity contribution in [2.24, 2.45) is 0 Å². The van der Waals surface area contributed by atoms with Gasteiger partial charge in [0.2, 0.25) is 0 Å². The van der Waals surface area contributed by atoms with Crippen LogP contribution in [-0.4, -0.2) is 15.9 Å². The average Bonchev–Trinajstić information content (AvgIpc) is 2.28. The van der Waals surface area contributed by atoms with E-state index < -0.39 is 16.9 Å². The van der Waals surface area contributed by atoms with Crippen LogP contribution in [0.2, 0.25) is 5.15 Å². The second kappa shape index (κ2) is 6.96. The number of halogens is 4. The quantitative estimate of drug-likeness (QED) is 0.608. The number of hydrogen-bond donors (Lipinski definition) is 0. The number of carbonyl (C=O) groups is 1. The molecule has 0 aliphatic rings. The van der Waals surface area contributed by atoms with Crippen molar-refractivity contribution < 1.29 is 18.0 Å². The van der Waals surface area contributed by atoms with Gasteiger partial charge in [-0.05, 0) is 18.1 Å². The Morgan fingerprint density at radius 2 is 2.21 bits per heavy atom. The second-order valence-electron chi connectivity index (χ2n) is 3.64. The minimum Gasteiger partial charge on any atom is -0.288 e. The van der Waals surface area contributed by atoms with Gasteiger partial charge >= 0.3 is 6.18 Å². The molecule has 0 radical (unpaired) electrons. The lowest BCUT2D eigenvalue weighted by Crippen LogP contribution is -2.07. The molecule has 0 amide bonds. The van der Waals surface area contributed by atoms with E-state index in [1.54, 1.807) is 6.08 Å². The first-order valence-electron chi connectivity index (χ1n) is 5.33. The Hall–Kier alpha value is -1.01. The second-order valence-corrected chi connectivity index (χ2v) is 5.27. The van der Waals surface area contributed by atoms with E-state index in [1.165, 1.54) is 31.0 Å². The summed E-state index contributed by atoms with van der Waals surface area (Å²) in [5.41, 5.74) is -0.626. The smallest absolute Gasteiger partial charge is 0.288 e. The summed E-state index contributed by atoms with van der Waals surface area (Å²) in [6.07, 6.45) is 0.569. The first-order chi connectivity index (χ1) is 8.80. The monoisotopic (exact) mass is 309 g/mol. The van der Waals surface area contributed by atoms with Gasteiger partial charge in [0.15, 0.2) is 5.12 Å². The van der Waals surface area contributed by atoms with Gasteiger partial charge in [0.25, 0.3) is 0 Å². The van der Waals surface area contributed by atoms with E-state index >= 15 is 0 Å². The molecule has 1 aromatic rings.